The Kier molecular flexibility index (Phi) is 4.16. The largest absolute Gasteiger partial charge is 0.331 e. The zero-order valence-corrected chi connectivity index (χ0v) is 15.2. The summed E-state index contributed by atoms with van der Waals surface area (Å²) in [7, 11) is 0. The maximum Gasteiger partial charge on any atom is 0.254 e. The molecule has 0 aliphatic carbocycles. The van der Waals surface area contributed by atoms with Crippen molar-refractivity contribution in [2.45, 2.75) is 6.04 Å². The predicted octanol–water partition coefficient (Wildman–Crippen LogP) is 2.44. The van der Waals surface area contributed by atoms with Gasteiger partial charge in [-0.25, -0.2) is 4.39 Å². The van der Waals surface area contributed by atoms with E-state index in [-0.39, 0.29) is 17.8 Å². The van der Waals surface area contributed by atoms with Crippen LogP contribution < -0.4 is 5.32 Å². The molecule has 7 heteroatoms. The highest BCUT2D eigenvalue weighted by molar-refractivity contribution is 5.95. The van der Waals surface area contributed by atoms with Crippen molar-refractivity contribution in [3.8, 4) is 5.69 Å². The number of carbonyl (C=O) groups excluding carboxylic acids is 1. The Labute approximate surface area is 162 Å². The molecule has 142 valence electrons. The molecule has 2 fully saturated rings. The van der Waals surface area contributed by atoms with Crippen molar-refractivity contribution in [2.24, 2.45) is 11.8 Å². The van der Waals surface area contributed by atoms with E-state index in [2.05, 4.69) is 15.5 Å². The van der Waals surface area contributed by atoms with Crippen LogP contribution in [0.2, 0.25) is 0 Å². The third kappa shape index (κ3) is 2.88. The maximum absolute atomic E-state index is 13.9. The van der Waals surface area contributed by atoms with Crippen molar-refractivity contribution in [1.29, 1.82) is 0 Å². The average molecular weight is 377 g/mol. The van der Waals surface area contributed by atoms with E-state index in [0.29, 0.717) is 23.9 Å². The molecule has 3 heterocycles. The monoisotopic (exact) mass is 377 g/mol. The Hall–Kier alpha value is -3.06. The molecule has 2 saturated heterocycles. The van der Waals surface area contributed by atoms with Gasteiger partial charge in [-0.1, -0.05) is 18.2 Å². The molecule has 0 unspecified atom stereocenters. The Bertz CT molecular complexity index is 1010. The lowest BCUT2D eigenvalue weighted by Gasteiger charge is -2.28. The van der Waals surface area contributed by atoms with Gasteiger partial charge in [0.05, 0.1) is 6.04 Å². The number of carbonyl (C=O) groups is 1. The van der Waals surface area contributed by atoms with Crippen LogP contribution in [0.25, 0.3) is 5.69 Å². The third-order valence-electron chi connectivity index (χ3n) is 5.83. The number of nitrogens with zero attached hydrogens (tertiary/aromatic N) is 4. The van der Waals surface area contributed by atoms with Crippen molar-refractivity contribution < 1.29 is 9.18 Å². The molecular formula is C21H20FN5O. The highest BCUT2D eigenvalue weighted by Gasteiger charge is 2.46. The van der Waals surface area contributed by atoms with Crippen molar-refractivity contribution in [1.82, 2.24) is 25.0 Å². The first-order valence-corrected chi connectivity index (χ1v) is 9.43. The second-order valence-corrected chi connectivity index (χ2v) is 7.46. The zero-order valence-electron chi connectivity index (χ0n) is 15.2. The van der Waals surface area contributed by atoms with Crippen LogP contribution in [0.3, 0.4) is 0 Å². The van der Waals surface area contributed by atoms with Crippen LogP contribution in [0.4, 0.5) is 4.39 Å². The highest BCUT2D eigenvalue weighted by Crippen LogP contribution is 2.43. The molecule has 0 saturated carbocycles. The number of fused-ring (bicyclic) bond motifs is 1. The predicted molar refractivity (Wildman–Crippen MR) is 101 cm³/mol. The van der Waals surface area contributed by atoms with Crippen LogP contribution >= 0.6 is 0 Å². The number of hydrogen-bond donors (Lipinski definition) is 1. The summed E-state index contributed by atoms with van der Waals surface area (Å²) >= 11 is 0. The van der Waals surface area contributed by atoms with Gasteiger partial charge in [-0.3, -0.25) is 9.36 Å². The minimum atomic E-state index is -0.270. The number of aromatic nitrogens is 3. The minimum absolute atomic E-state index is 0.0291. The van der Waals surface area contributed by atoms with E-state index in [0.717, 1.165) is 24.3 Å². The summed E-state index contributed by atoms with van der Waals surface area (Å²) in [6.07, 6.45) is 3.20. The van der Waals surface area contributed by atoms with Gasteiger partial charge in [-0.15, -0.1) is 10.2 Å². The maximum atomic E-state index is 13.9. The molecule has 0 bridgehead atoms. The number of amides is 1. The van der Waals surface area contributed by atoms with Gasteiger partial charge in [0.1, 0.15) is 18.5 Å². The molecule has 2 aliphatic rings. The highest BCUT2D eigenvalue weighted by atomic mass is 19.1. The molecule has 2 aromatic carbocycles. The molecule has 0 spiro atoms. The van der Waals surface area contributed by atoms with E-state index >= 15 is 0 Å². The number of likely N-dealkylation sites (tertiary alicyclic amines) is 1. The summed E-state index contributed by atoms with van der Waals surface area (Å²) in [5.41, 5.74) is 2.30. The molecule has 3 atom stereocenters. The van der Waals surface area contributed by atoms with E-state index in [1.54, 1.807) is 29.4 Å². The van der Waals surface area contributed by atoms with Gasteiger partial charge in [0.25, 0.3) is 5.91 Å². The molecule has 28 heavy (non-hydrogen) atoms. The van der Waals surface area contributed by atoms with Gasteiger partial charge in [-0.2, -0.15) is 0 Å². The summed E-state index contributed by atoms with van der Waals surface area (Å²) in [5, 5.41) is 11.1. The molecule has 1 amide bonds. The Morgan fingerprint density at radius 1 is 1.07 bits per heavy atom. The van der Waals surface area contributed by atoms with Crippen molar-refractivity contribution in [2.75, 3.05) is 19.6 Å². The molecule has 5 rings (SSSR count). The van der Waals surface area contributed by atoms with Crippen LogP contribution in [0.1, 0.15) is 22.0 Å². The smallest absolute Gasteiger partial charge is 0.254 e. The van der Waals surface area contributed by atoms with Gasteiger partial charge >= 0.3 is 0 Å². The van der Waals surface area contributed by atoms with Crippen LogP contribution in [0.5, 0.6) is 0 Å². The molecule has 1 N–H and O–H groups in total. The Morgan fingerprint density at radius 3 is 2.71 bits per heavy atom. The van der Waals surface area contributed by atoms with E-state index in [1.165, 1.54) is 6.07 Å². The van der Waals surface area contributed by atoms with Crippen LogP contribution in [0.15, 0.2) is 61.2 Å². The quantitative estimate of drug-likeness (QED) is 0.762. The van der Waals surface area contributed by atoms with Crippen LogP contribution in [-0.4, -0.2) is 45.2 Å². The lowest BCUT2D eigenvalue weighted by Crippen LogP contribution is -2.34. The standard InChI is InChI=1S/C21H20FN5O/c22-17-5-1-3-14(7-17)20-19-10-23-9-16(19)11-27(20)21(28)15-4-2-6-18(8-15)26-12-24-25-13-26/h1-8,12-13,16,19-20,23H,9-11H2/t16-,19-,20+/m0/s1. The fourth-order valence-corrected chi connectivity index (χ4v) is 4.55. The molecule has 6 nitrogen and oxygen atoms in total. The van der Waals surface area contributed by atoms with Gasteiger partial charge in [0.2, 0.25) is 0 Å². The van der Waals surface area contributed by atoms with E-state index in [1.807, 2.05) is 35.2 Å². The van der Waals surface area contributed by atoms with Crippen molar-refractivity contribution >= 4 is 5.91 Å². The molecule has 1 aromatic heterocycles. The van der Waals surface area contributed by atoms with Gasteiger partial charge in [0, 0.05) is 36.8 Å². The van der Waals surface area contributed by atoms with Crippen molar-refractivity contribution in [3.05, 3.63) is 78.1 Å². The first kappa shape index (κ1) is 17.1. The second-order valence-electron chi connectivity index (χ2n) is 7.46. The number of benzene rings is 2. The SMILES string of the molecule is O=C(c1cccc(-n2cnnc2)c1)N1C[C@@H]2CNC[C@@H]2[C@H]1c1cccc(F)c1. The number of hydrogen-bond acceptors (Lipinski definition) is 4. The number of halogens is 1. The van der Waals surface area contributed by atoms with Gasteiger partial charge < -0.3 is 10.2 Å². The Balaban J connectivity index is 1.50. The normalized spacial score (nSPS) is 23.8. The molecular weight excluding hydrogens is 357 g/mol. The number of rotatable bonds is 3. The summed E-state index contributed by atoms with van der Waals surface area (Å²) in [6.45, 7) is 2.41. The summed E-state index contributed by atoms with van der Waals surface area (Å²) in [6, 6.07) is 14.0. The summed E-state index contributed by atoms with van der Waals surface area (Å²) < 4.78 is 15.7. The summed E-state index contributed by atoms with van der Waals surface area (Å²) in [4.78, 5) is 15.4. The van der Waals surface area contributed by atoms with Gasteiger partial charge in [0.15, 0.2) is 0 Å². The third-order valence-corrected chi connectivity index (χ3v) is 5.83. The first-order valence-electron chi connectivity index (χ1n) is 9.43. The fourth-order valence-electron chi connectivity index (χ4n) is 4.55. The zero-order chi connectivity index (χ0) is 19.1. The van der Waals surface area contributed by atoms with Crippen LogP contribution in [-0.2, 0) is 0 Å². The summed E-state index contributed by atoms with van der Waals surface area (Å²) in [5.74, 6) is 0.387. The van der Waals surface area contributed by atoms with Crippen molar-refractivity contribution in [3.63, 3.8) is 0 Å². The molecule has 3 aromatic rings. The van der Waals surface area contributed by atoms with E-state index < -0.39 is 0 Å². The van der Waals surface area contributed by atoms with E-state index in [9.17, 15) is 9.18 Å². The van der Waals surface area contributed by atoms with E-state index in [4.69, 9.17) is 0 Å². The lowest BCUT2D eigenvalue weighted by molar-refractivity contribution is 0.0713. The average Bonchev–Trinajstić information content (AvgIpc) is 3.44. The lowest BCUT2D eigenvalue weighted by atomic mass is 9.89. The van der Waals surface area contributed by atoms with Gasteiger partial charge in [-0.05, 0) is 41.8 Å². The van der Waals surface area contributed by atoms with Crippen LogP contribution in [0, 0.1) is 17.7 Å². The molecule has 2 aliphatic heterocycles. The minimum Gasteiger partial charge on any atom is -0.331 e. The topological polar surface area (TPSA) is 63.1 Å². The number of nitrogens with one attached hydrogen (secondary N) is 1. The first-order chi connectivity index (χ1) is 13.7. The fraction of sp³-hybridized carbons (Fsp3) is 0.286. The molecule has 0 radical (unpaired) electrons. The second kappa shape index (κ2) is 6.83. The Morgan fingerprint density at radius 2 is 1.89 bits per heavy atom.